The molecule has 1 rings (SSSR count). The van der Waals surface area contributed by atoms with Crippen molar-refractivity contribution in [2.24, 2.45) is 0 Å². The highest BCUT2D eigenvalue weighted by Crippen LogP contribution is 2.15. The van der Waals surface area contributed by atoms with Crippen LogP contribution in [0, 0.1) is 11.3 Å². The van der Waals surface area contributed by atoms with Gasteiger partial charge in [-0.2, -0.15) is 5.26 Å². The molecule has 118 valence electrons. The fourth-order valence-corrected chi connectivity index (χ4v) is 1.59. The summed E-state index contributed by atoms with van der Waals surface area (Å²) < 4.78 is 15.3. The standard InChI is InChI=1S/C17H21NO4/c1-3-4-9-21-16-7-5-14(6-8-16)12-15(13-18)17(19)22-11-10-20-2/h5-8,12H,3-4,9-11H2,1-2H3. The Labute approximate surface area is 131 Å². The highest BCUT2D eigenvalue weighted by atomic mass is 16.6. The molecular weight excluding hydrogens is 282 g/mol. The van der Waals surface area contributed by atoms with Gasteiger partial charge in [-0.1, -0.05) is 25.5 Å². The maximum Gasteiger partial charge on any atom is 0.348 e. The van der Waals surface area contributed by atoms with Gasteiger partial charge in [0, 0.05) is 7.11 Å². The van der Waals surface area contributed by atoms with Crippen LogP contribution in [0.25, 0.3) is 6.08 Å². The molecule has 0 saturated carbocycles. The Morgan fingerprint density at radius 3 is 2.55 bits per heavy atom. The van der Waals surface area contributed by atoms with E-state index in [0.29, 0.717) is 13.2 Å². The van der Waals surface area contributed by atoms with Gasteiger partial charge in [-0.3, -0.25) is 0 Å². The molecule has 0 unspecified atom stereocenters. The highest BCUT2D eigenvalue weighted by molar-refractivity contribution is 5.97. The van der Waals surface area contributed by atoms with Gasteiger partial charge in [0.2, 0.25) is 0 Å². The summed E-state index contributed by atoms with van der Waals surface area (Å²) in [6.07, 6.45) is 3.58. The number of carbonyl (C=O) groups excluding carboxylic acids is 1. The maximum atomic E-state index is 11.7. The predicted molar refractivity (Wildman–Crippen MR) is 83.3 cm³/mol. The number of nitrogens with zero attached hydrogens (tertiary/aromatic N) is 1. The number of benzene rings is 1. The molecule has 0 heterocycles. The summed E-state index contributed by atoms with van der Waals surface area (Å²) in [7, 11) is 1.51. The molecule has 1 aromatic rings. The van der Waals surface area contributed by atoms with Crippen LogP contribution in [0.15, 0.2) is 29.8 Å². The topological polar surface area (TPSA) is 68.5 Å². The van der Waals surface area contributed by atoms with Crippen molar-refractivity contribution < 1.29 is 19.0 Å². The van der Waals surface area contributed by atoms with Gasteiger partial charge in [0.05, 0.1) is 13.2 Å². The zero-order valence-corrected chi connectivity index (χ0v) is 13.0. The smallest absolute Gasteiger partial charge is 0.348 e. The number of unbranched alkanes of at least 4 members (excludes halogenated alkanes) is 1. The molecule has 0 saturated heterocycles. The van der Waals surface area contributed by atoms with Crippen LogP contribution in [-0.2, 0) is 14.3 Å². The lowest BCUT2D eigenvalue weighted by molar-refractivity contribution is -0.139. The molecule has 5 heteroatoms. The van der Waals surface area contributed by atoms with Crippen molar-refractivity contribution in [3.63, 3.8) is 0 Å². The van der Waals surface area contributed by atoms with Crippen molar-refractivity contribution in [1.29, 1.82) is 5.26 Å². The van der Waals surface area contributed by atoms with Gasteiger partial charge >= 0.3 is 5.97 Å². The van der Waals surface area contributed by atoms with E-state index in [1.807, 2.05) is 18.2 Å². The highest BCUT2D eigenvalue weighted by Gasteiger charge is 2.10. The first-order valence-corrected chi connectivity index (χ1v) is 7.22. The van der Waals surface area contributed by atoms with Crippen LogP contribution in [0.1, 0.15) is 25.3 Å². The van der Waals surface area contributed by atoms with Gasteiger partial charge in [0.1, 0.15) is 24.0 Å². The summed E-state index contributed by atoms with van der Waals surface area (Å²) in [4.78, 5) is 11.7. The average molecular weight is 303 g/mol. The van der Waals surface area contributed by atoms with Crippen molar-refractivity contribution in [1.82, 2.24) is 0 Å². The minimum atomic E-state index is -0.650. The third kappa shape index (κ3) is 6.42. The Bertz CT molecular complexity index is 529. The number of methoxy groups -OCH3 is 1. The molecule has 0 radical (unpaired) electrons. The zero-order valence-electron chi connectivity index (χ0n) is 13.0. The van der Waals surface area contributed by atoms with E-state index >= 15 is 0 Å². The zero-order chi connectivity index (χ0) is 16.2. The van der Waals surface area contributed by atoms with Crippen molar-refractivity contribution in [2.45, 2.75) is 19.8 Å². The number of hydrogen-bond acceptors (Lipinski definition) is 5. The molecule has 0 aromatic heterocycles. The number of hydrogen-bond donors (Lipinski definition) is 0. The Balaban J connectivity index is 2.65. The van der Waals surface area contributed by atoms with E-state index in [2.05, 4.69) is 6.92 Å². The van der Waals surface area contributed by atoms with Crippen molar-refractivity contribution in [3.05, 3.63) is 35.4 Å². The monoisotopic (exact) mass is 303 g/mol. The van der Waals surface area contributed by atoms with Gasteiger partial charge in [-0.05, 0) is 30.2 Å². The minimum Gasteiger partial charge on any atom is -0.494 e. The van der Waals surface area contributed by atoms with E-state index < -0.39 is 5.97 Å². The molecule has 0 bridgehead atoms. The van der Waals surface area contributed by atoms with E-state index in [1.165, 1.54) is 13.2 Å². The SMILES string of the molecule is CCCCOc1ccc(C=C(C#N)C(=O)OCCOC)cc1. The van der Waals surface area contributed by atoms with Crippen LogP contribution in [0.5, 0.6) is 5.75 Å². The minimum absolute atomic E-state index is 0.0456. The summed E-state index contributed by atoms with van der Waals surface area (Å²) in [5.74, 6) is 0.120. The fraction of sp³-hybridized carbons (Fsp3) is 0.412. The third-order valence-corrected chi connectivity index (χ3v) is 2.82. The van der Waals surface area contributed by atoms with E-state index in [4.69, 9.17) is 19.5 Å². The van der Waals surface area contributed by atoms with E-state index in [0.717, 1.165) is 24.2 Å². The van der Waals surface area contributed by atoms with Gasteiger partial charge in [0.25, 0.3) is 0 Å². The van der Waals surface area contributed by atoms with Crippen molar-refractivity contribution in [2.75, 3.05) is 26.9 Å². The number of ether oxygens (including phenoxy) is 3. The summed E-state index contributed by atoms with van der Waals surface area (Å²) in [5.41, 5.74) is 0.693. The molecule has 0 spiro atoms. The van der Waals surface area contributed by atoms with Gasteiger partial charge in [-0.25, -0.2) is 4.79 Å². The number of rotatable bonds is 9. The fourth-order valence-electron chi connectivity index (χ4n) is 1.59. The quantitative estimate of drug-likeness (QED) is 0.303. The second-order valence-corrected chi connectivity index (χ2v) is 4.57. The molecule has 0 aliphatic heterocycles. The van der Waals surface area contributed by atoms with Crippen LogP contribution in [0.2, 0.25) is 0 Å². The van der Waals surface area contributed by atoms with Crippen molar-refractivity contribution in [3.8, 4) is 11.8 Å². The molecule has 1 aromatic carbocycles. The van der Waals surface area contributed by atoms with Gasteiger partial charge in [-0.15, -0.1) is 0 Å². The first-order valence-electron chi connectivity index (χ1n) is 7.22. The van der Waals surface area contributed by atoms with Crippen LogP contribution in [0.3, 0.4) is 0 Å². The summed E-state index contributed by atoms with van der Waals surface area (Å²) in [6, 6.07) is 9.06. The summed E-state index contributed by atoms with van der Waals surface area (Å²) in [6.45, 7) is 3.21. The van der Waals surface area contributed by atoms with Gasteiger partial charge < -0.3 is 14.2 Å². The summed E-state index contributed by atoms with van der Waals surface area (Å²) >= 11 is 0. The maximum absolute atomic E-state index is 11.7. The lowest BCUT2D eigenvalue weighted by Crippen LogP contribution is -2.11. The lowest BCUT2D eigenvalue weighted by atomic mass is 10.1. The molecule has 0 N–H and O–H groups in total. The van der Waals surface area contributed by atoms with Gasteiger partial charge in [0.15, 0.2) is 0 Å². The number of nitriles is 1. The number of carbonyl (C=O) groups is 1. The lowest BCUT2D eigenvalue weighted by Gasteiger charge is -2.05. The van der Waals surface area contributed by atoms with Crippen LogP contribution >= 0.6 is 0 Å². The van der Waals surface area contributed by atoms with Crippen molar-refractivity contribution >= 4 is 12.0 Å². The molecular formula is C17H21NO4. The largest absolute Gasteiger partial charge is 0.494 e. The predicted octanol–water partition coefficient (Wildman–Crippen LogP) is 2.96. The van der Waals surface area contributed by atoms with E-state index in [1.54, 1.807) is 12.1 Å². The van der Waals surface area contributed by atoms with Crippen LogP contribution in [-0.4, -0.2) is 32.9 Å². The molecule has 0 aliphatic rings. The second-order valence-electron chi connectivity index (χ2n) is 4.57. The molecule has 0 aliphatic carbocycles. The molecule has 22 heavy (non-hydrogen) atoms. The molecule has 0 atom stereocenters. The second kappa shape index (κ2) is 10.4. The van der Waals surface area contributed by atoms with Crippen LogP contribution < -0.4 is 4.74 Å². The molecule has 5 nitrogen and oxygen atoms in total. The van der Waals surface area contributed by atoms with E-state index in [-0.39, 0.29) is 12.2 Å². The Morgan fingerprint density at radius 2 is 1.95 bits per heavy atom. The third-order valence-electron chi connectivity index (χ3n) is 2.82. The normalized spacial score (nSPS) is 10.9. The van der Waals surface area contributed by atoms with E-state index in [9.17, 15) is 4.79 Å². The number of esters is 1. The average Bonchev–Trinajstić information content (AvgIpc) is 2.54. The Morgan fingerprint density at radius 1 is 1.23 bits per heavy atom. The molecule has 0 amide bonds. The molecule has 0 fully saturated rings. The Hall–Kier alpha value is -2.32. The summed E-state index contributed by atoms with van der Waals surface area (Å²) in [5, 5.41) is 9.04. The Kier molecular flexibility index (Phi) is 8.39. The first kappa shape index (κ1) is 17.7. The van der Waals surface area contributed by atoms with Crippen LogP contribution in [0.4, 0.5) is 0 Å². The first-order chi connectivity index (χ1) is 10.7.